The number of nitrogens with zero attached hydrogens (tertiary/aromatic N) is 1. The van der Waals surface area contributed by atoms with Crippen molar-refractivity contribution in [2.24, 2.45) is 0 Å². The van der Waals surface area contributed by atoms with Crippen molar-refractivity contribution in [1.29, 1.82) is 0 Å². The van der Waals surface area contributed by atoms with Gasteiger partial charge in [-0.15, -0.1) is 0 Å². The maximum absolute atomic E-state index is 5.64. The lowest BCUT2D eigenvalue weighted by molar-refractivity contribution is 0.433. The van der Waals surface area contributed by atoms with E-state index in [2.05, 4.69) is 24.1 Å². The van der Waals surface area contributed by atoms with Crippen LogP contribution in [0.2, 0.25) is 0 Å². The Morgan fingerprint density at radius 3 is 2.71 bits per heavy atom. The van der Waals surface area contributed by atoms with E-state index in [9.17, 15) is 0 Å². The molecule has 0 radical (unpaired) electrons. The minimum absolute atomic E-state index is 0.228. The Bertz CT molecular complexity index is 450. The van der Waals surface area contributed by atoms with Gasteiger partial charge in [0.25, 0.3) is 0 Å². The van der Waals surface area contributed by atoms with E-state index in [1.807, 2.05) is 36.5 Å². The molecule has 0 aliphatic heterocycles. The van der Waals surface area contributed by atoms with Crippen LogP contribution in [0.4, 0.5) is 0 Å². The summed E-state index contributed by atoms with van der Waals surface area (Å²) in [4.78, 5) is 4.32. The highest BCUT2D eigenvalue weighted by Crippen LogP contribution is 2.12. The molecule has 0 aliphatic carbocycles. The molecule has 2 aromatic rings. The molecule has 0 aliphatic rings. The molecule has 0 amide bonds. The first-order valence-electron chi connectivity index (χ1n) is 6.01. The summed E-state index contributed by atoms with van der Waals surface area (Å²) < 4.78 is 5.64. The predicted molar refractivity (Wildman–Crippen MR) is 67.6 cm³/mol. The molecule has 17 heavy (non-hydrogen) atoms. The van der Waals surface area contributed by atoms with Crippen LogP contribution in [0.5, 0.6) is 0 Å². The highest BCUT2D eigenvalue weighted by Gasteiger charge is 2.07. The Hall–Kier alpha value is -1.61. The van der Waals surface area contributed by atoms with Crippen molar-refractivity contribution in [1.82, 2.24) is 10.3 Å². The number of nitrogens with one attached hydrogen (secondary N) is 1. The van der Waals surface area contributed by atoms with E-state index >= 15 is 0 Å². The number of rotatable bonds is 5. The number of aryl methyl sites for hydroxylation is 1. The summed E-state index contributed by atoms with van der Waals surface area (Å²) in [5.41, 5.74) is 1.05. The van der Waals surface area contributed by atoms with Gasteiger partial charge < -0.3 is 9.73 Å². The van der Waals surface area contributed by atoms with Gasteiger partial charge in [0.05, 0.1) is 12.2 Å². The number of pyridine rings is 1. The quantitative estimate of drug-likeness (QED) is 0.857. The molecule has 0 fully saturated rings. The molecule has 0 saturated heterocycles. The first-order chi connectivity index (χ1) is 8.29. The van der Waals surface area contributed by atoms with Crippen LogP contribution in [0.1, 0.15) is 37.1 Å². The van der Waals surface area contributed by atoms with Gasteiger partial charge in [0.2, 0.25) is 0 Å². The van der Waals surface area contributed by atoms with E-state index in [-0.39, 0.29) is 6.04 Å². The monoisotopic (exact) mass is 230 g/mol. The van der Waals surface area contributed by atoms with Gasteiger partial charge in [-0.05, 0) is 31.2 Å². The summed E-state index contributed by atoms with van der Waals surface area (Å²) in [5.74, 6) is 2.01. The van der Waals surface area contributed by atoms with E-state index in [4.69, 9.17) is 4.42 Å². The van der Waals surface area contributed by atoms with Crippen molar-refractivity contribution in [3.05, 3.63) is 53.7 Å². The second-order valence-corrected chi connectivity index (χ2v) is 4.08. The second kappa shape index (κ2) is 5.64. The molecule has 2 rings (SSSR count). The fourth-order valence-corrected chi connectivity index (χ4v) is 1.70. The zero-order valence-corrected chi connectivity index (χ0v) is 10.3. The van der Waals surface area contributed by atoms with Crippen molar-refractivity contribution in [3.63, 3.8) is 0 Å². The van der Waals surface area contributed by atoms with Crippen molar-refractivity contribution < 1.29 is 4.42 Å². The molecule has 3 heteroatoms. The average molecular weight is 230 g/mol. The second-order valence-electron chi connectivity index (χ2n) is 4.08. The maximum atomic E-state index is 5.64. The van der Waals surface area contributed by atoms with Gasteiger partial charge in [-0.2, -0.15) is 0 Å². The average Bonchev–Trinajstić information content (AvgIpc) is 2.85. The van der Waals surface area contributed by atoms with Gasteiger partial charge in [-0.1, -0.05) is 13.0 Å². The zero-order chi connectivity index (χ0) is 12.1. The van der Waals surface area contributed by atoms with Gasteiger partial charge in [0, 0.05) is 18.7 Å². The Balaban J connectivity index is 1.90. The molecule has 1 N–H and O–H groups in total. The summed E-state index contributed by atoms with van der Waals surface area (Å²) in [6.07, 6.45) is 2.76. The molecular weight excluding hydrogens is 212 g/mol. The molecule has 0 bridgehead atoms. The standard InChI is InChI=1S/C14H18N2O/c1-3-12-7-8-13(17-12)10-16-11(2)14-6-4-5-9-15-14/h4-9,11,16H,3,10H2,1-2H3. The zero-order valence-electron chi connectivity index (χ0n) is 10.3. The van der Waals surface area contributed by atoms with Gasteiger partial charge in [-0.3, -0.25) is 4.98 Å². The van der Waals surface area contributed by atoms with Gasteiger partial charge in [-0.25, -0.2) is 0 Å². The third-order valence-corrected chi connectivity index (χ3v) is 2.78. The lowest BCUT2D eigenvalue weighted by Crippen LogP contribution is -2.18. The van der Waals surface area contributed by atoms with Crippen molar-refractivity contribution >= 4 is 0 Å². The SMILES string of the molecule is CCc1ccc(CNC(C)c2ccccn2)o1. The van der Waals surface area contributed by atoms with Crippen molar-refractivity contribution in [3.8, 4) is 0 Å². The van der Waals surface area contributed by atoms with Crippen LogP contribution in [0.25, 0.3) is 0 Å². The number of furan rings is 1. The van der Waals surface area contributed by atoms with Crippen LogP contribution < -0.4 is 5.32 Å². The smallest absolute Gasteiger partial charge is 0.117 e. The Kier molecular flexibility index (Phi) is 3.94. The van der Waals surface area contributed by atoms with Crippen LogP contribution >= 0.6 is 0 Å². The van der Waals surface area contributed by atoms with Crippen molar-refractivity contribution in [2.45, 2.75) is 32.9 Å². The molecular formula is C14H18N2O. The topological polar surface area (TPSA) is 38.1 Å². The largest absolute Gasteiger partial charge is 0.465 e. The van der Waals surface area contributed by atoms with Crippen LogP contribution in [-0.2, 0) is 13.0 Å². The number of hydrogen-bond donors (Lipinski definition) is 1. The first-order valence-corrected chi connectivity index (χ1v) is 6.01. The lowest BCUT2D eigenvalue weighted by Gasteiger charge is -2.11. The molecule has 2 aromatic heterocycles. The Labute approximate surface area is 102 Å². The third kappa shape index (κ3) is 3.17. The summed E-state index contributed by atoms with van der Waals surface area (Å²) in [6, 6.07) is 10.2. The van der Waals surface area contributed by atoms with E-state index in [1.54, 1.807) is 0 Å². The molecule has 1 unspecified atom stereocenters. The van der Waals surface area contributed by atoms with E-state index in [1.165, 1.54) is 0 Å². The molecule has 3 nitrogen and oxygen atoms in total. The van der Waals surface area contributed by atoms with E-state index in [0.717, 1.165) is 30.2 Å². The summed E-state index contributed by atoms with van der Waals surface area (Å²) in [6.45, 7) is 4.93. The fourth-order valence-electron chi connectivity index (χ4n) is 1.70. The van der Waals surface area contributed by atoms with Crippen LogP contribution in [0.3, 0.4) is 0 Å². The summed E-state index contributed by atoms with van der Waals surface area (Å²) >= 11 is 0. The number of aromatic nitrogens is 1. The lowest BCUT2D eigenvalue weighted by atomic mass is 10.2. The molecule has 2 heterocycles. The minimum Gasteiger partial charge on any atom is -0.465 e. The van der Waals surface area contributed by atoms with Crippen LogP contribution in [-0.4, -0.2) is 4.98 Å². The maximum Gasteiger partial charge on any atom is 0.117 e. The molecule has 0 aromatic carbocycles. The van der Waals surface area contributed by atoms with Crippen molar-refractivity contribution in [2.75, 3.05) is 0 Å². The molecule has 0 spiro atoms. The van der Waals surface area contributed by atoms with E-state index < -0.39 is 0 Å². The normalized spacial score (nSPS) is 12.6. The summed E-state index contributed by atoms with van der Waals surface area (Å²) in [7, 11) is 0. The van der Waals surface area contributed by atoms with Crippen LogP contribution in [0, 0.1) is 0 Å². The third-order valence-electron chi connectivity index (χ3n) is 2.78. The van der Waals surface area contributed by atoms with E-state index in [0.29, 0.717) is 0 Å². The number of hydrogen-bond acceptors (Lipinski definition) is 3. The highest BCUT2D eigenvalue weighted by atomic mass is 16.3. The van der Waals surface area contributed by atoms with Gasteiger partial charge >= 0.3 is 0 Å². The first kappa shape index (κ1) is 11.9. The molecule has 0 saturated carbocycles. The fraction of sp³-hybridized carbons (Fsp3) is 0.357. The predicted octanol–water partition coefficient (Wildman–Crippen LogP) is 3.09. The highest BCUT2D eigenvalue weighted by molar-refractivity contribution is 5.10. The van der Waals surface area contributed by atoms with Crippen LogP contribution in [0.15, 0.2) is 40.9 Å². The molecule has 1 atom stereocenters. The Morgan fingerprint density at radius 2 is 2.06 bits per heavy atom. The minimum atomic E-state index is 0.228. The Morgan fingerprint density at radius 1 is 1.24 bits per heavy atom. The van der Waals surface area contributed by atoms with Gasteiger partial charge in [0.1, 0.15) is 11.5 Å². The van der Waals surface area contributed by atoms with Gasteiger partial charge in [0.15, 0.2) is 0 Å². The summed E-state index contributed by atoms with van der Waals surface area (Å²) in [5, 5.41) is 3.40. The molecule has 90 valence electrons.